The molecule has 0 saturated carbocycles. The van der Waals surface area contributed by atoms with Crippen molar-refractivity contribution in [3.8, 4) is 0 Å². The number of rotatable bonds is 4. The first-order chi connectivity index (χ1) is 9.10. The Morgan fingerprint density at radius 1 is 0.895 bits per heavy atom. The molecule has 19 heavy (non-hydrogen) atoms. The molecule has 2 aromatic rings. The Bertz CT molecular complexity index is 546. The second-order valence-electron chi connectivity index (χ2n) is 4.07. The van der Waals surface area contributed by atoms with Gasteiger partial charge in [0.25, 0.3) is 0 Å². The number of hydrogen-bond acceptors (Lipinski definition) is 2. The van der Waals surface area contributed by atoms with Crippen molar-refractivity contribution >= 4 is 53.5 Å². The Morgan fingerprint density at radius 2 is 1.42 bits per heavy atom. The van der Waals surface area contributed by atoms with Crippen LogP contribution in [0.25, 0.3) is 0 Å². The summed E-state index contributed by atoms with van der Waals surface area (Å²) < 4.78 is 3.02. The number of benzene rings is 2. The van der Waals surface area contributed by atoms with E-state index >= 15 is 0 Å². The SMILES string of the molecule is OCc1ccc(CNc2c(Br)cc(Br)cc2Br)cc1. The van der Waals surface area contributed by atoms with E-state index in [2.05, 4.69) is 53.1 Å². The molecule has 2 aromatic carbocycles. The molecule has 0 aliphatic carbocycles. The molecule has 0 heterocycles. The average molecular weight is 450 g/mol. The quantitative estimate of drug-likeness (QED) is 0.682. The zero-order chi connectivity index (χ0) is 13.8. The van der Waals surface area contributed by atoms with Crippen molar-refractivity contribution < 1.29 is 5.11 Å². The first-order valence-corrected chi connectivity index (χ1v) is 8.05. The van der Waals surface area contributed by atoms with E-state index < -0.39 is 0 Å². The molecule has 2 rings (SSSR count). The van der Waals surface area contributed by atoms with Crippen molar-refractivity contribution in [2.45, 2.75) is 13.2 Å². The predicted octanol–water partition coefficient (Wildman–Crippen LogP) is 5.08. The Balaban J connectivity index is 2.10. The second-order valence-corrected chi connectivity index (χ2v) is 6.70. The Labute approximate surface area is 137 Å². The number of anilines is 1. The fourth-order valence-electron chi connectivity index (χ4n) is 1.66. The van der Waals surface area contributed by atoms with E-state index in [0.717, 1.165) is 31.2 Å². The standard InChI is InChI=1S/C14H12Br3NO/c15-11-5-12(16)14(13(17)6-11)18-7-9-1-3-10(8-19)4-2-9/h1-6,18-19H,7-8H2. The smallest absolute Gasteiger partial charge is 0.0681 e. The summed E-state index contributed by atoms with van der Waals surface area (Å²) in [5.74, 6) is 0. The Morgan fingerprint density at radius 3 is 1.95 bits per heavy atom. The maximum absolute atomic E-state index is 9.00. The summed E-state index contributed by atoms with van der Waals surface area (Å²) in [7, 11) is 0. The zero-order valence-electron chi connectivity index (χ0n) is 9.96. The minimum Gasteiger partial charge on any atom is -0.392 e. The topological polar surface area (TPSA) is 32.3 Å². The lowest BCUT2D eigenvalue weighted by Gasteiger charge is -2.12. The molecular formula is C14H12Br3NO. The van der Waals surface area contributed by atoms with Gasteiger partial charge in [-0.2, -0.15) is 0 Å². The zero-order valence-corrected chi connectivity index (χ0v) is 14.7. The van der Waals surface area contributed by atoms with Gasteiger partial charge in [-0.25, -0.2) is 0 Å². The van der Waals surface area contributed by atoms with Crippen LogP contribution in [0.15, 0.2) is 49.8 Å². The summed E-state index contributed by atoms with van der Waals surface area (Å²) in [4.78, 5) is 0. The van der Waals surface area contributed by atoms with Crippen LogP contribution in [0, 0.1) is 0 Å². The molecule has 2 nitrogen and oxygen atoms in total. The highest BCUT2D eigenvalue weighted by atomic mass is 79.9. The van der Waals surface area contributed by atoms with Gasteiger partial charge in [-0.1, -0.05) is 40.2 Å². The first-order valence-electron chi connectivity index (χ1n) is 5.67. The Kier molecular flexibility index (Phi) is 5.45. The molecule has 0 saturated heterocycles. The molecule has 5 heteroatoms. The molecule has 0 amide bonds. The number of halogens is 3. The van der Waals surface area contributed by atoms with Crippen molar-refractivity contribution in [3.05, 3.63) is 60.9 Å². The van der Waals surface area contributed by atoms with Crippen LogP contribution in [0.5, 0.6) is 0 Å². The van der Waals surface area contributed by atoms with Crippen molar-refractivity contribution in [1.29, 1.82) is 0 Å². The molecule has 0 unspecified atom stereocenters. The third-order valence-electron chi connectivity index (χ3n) is 2.68. The lowest BCUT2D eigenvalue weighted by Crippen LogP contribution is -2.01. The minimum atomic E-state index is 0.0809. The largest absolute Gasteiger partial charge is 0.392 e. The third-order valence-corrected chi connectivity index (χ3v) is 4.39. The molecule has 0 aliphatic rings. The summed E-state index contributed by atoms with van der Waals surface area (Å²) in [6.45, 7) is 0.808. The average Bonchev–Trinajstić information content (AvgIpc) is 2.38. The third kappa shape index (κ3) is 4.05. The summed E-state index contributed by atoms with van der Waals surface area (Å²) in [5, 5.41) is 12.4. The van der Waals surface area contributed by atoms with Gasteiger partial charge in [-0.15, -0.1) is 0 Å². The van der Waals surface area contributed by atoms with Gasteiger partial charge >= 0.3 is 0 Å². The minimum absolute atomic E-state index is 0.0809. The van der Waals surface area contributed by atoms with Crippen LogP contribution < -0.4 is 5.32 Å². The molecule has 0 fully saturated rings. The van der Waals surface area contributed by atoms with Crippen molar-refractivity contribution in [1.82, 2.24) is 0 Å². The van der Waals surface area contributed by atoms with Crippen LogP contribution in [-0.4, -0.2) is 5.11 Å². The van der Waals surface area contributed by atoms with E-state index in [9.17, 15) is 0 Å². The summed E-state index contributed by atoms with van der Waals surface area (Å²) in [6.07, 6.45) is 0. The maximum atomic E-state index is 9.00. The fraction of sp³-hybridized carbons (Fsp3) is 0.143. The first kappa shape index (κ1) is 15.0. The van der Waals surface area contributed by atoms with E-state index in [1.807, 2.05) is 36.4 Å². The molecule has 0 bridgehead atoms. The Hall–Kier alpha value is -0.360. The summed E-state index contributed by atoms with van der Waals surface area (Å²) >= 11 is 10.5. The van der Waals surface area contributed by atoms with Gasteiger partial charge in [0.2, 0.25) is 0 Å². The number of hydrogen-bond donors (Lipinski definition) is 2. The molecule has 0 radical (unpaired) electrons. The van der Waals surface area contributed by atoms with Crippen LogP contribution in [0.4, 0.5) is 5.69 Å². The number of nitrogens with one attached hydrogen (secondary N) is 1. The molecule has 2 N–H and O–H groups in total. The lowest BCUT2D eigenvalue weighted by molar-refractivity contribution is 0.282. The van der Waals surface area contributed by atoms with Gasteiger partial charge in [0.15, 0.2) is 0 Å². The van der Waals surface area contributed by atoms with Gasteiger partial charge in [0, 0.05) is 20.0 Å². The monoisotopic (exact) mass is 447 g/mol. The summed E-state index contributed by atoms with van der Waals surface area (Å²) in [6, 6.07) is 11.9. The van der Waals surface area contributed by atoms with Gasteiger partial charge in [0.1, 0.15) is 0 Å². The molecule has 0 spiro atoms. The van der Waals surface area contributed by atoms with E-state index in [4.69, 9.17) is 5.11 Å². The second kappa shape index (κ2) is 6.88. The predicted molar refractivity (Wildman–Crippen MR) is 89.2 cm³/mol. The highest BCUT2D eigenvalue weighted by Gasteiger charge is 2.06. The normalized spacial score (nSPS) is 10.5. The molecule has 0 aliphatic heterocycles. The van der Waals surface area contributed by atoms with Crippen LogP contribution in [0.1, 0.15) is 11.1 Å². The lowest BCUT2D eigenvalue weighted by atomic mass is 10.1. The number of aliphatic hydroxyl groups excluding tert-OH is 1. The maximum Gasteiger partial charge on any atom is 0.0681 e. The fourth-order valence-corrected chi connectivity index (χ4v) is 4.20. The van der Waals surface area contributed by atoms with E-state index in [-0.39, 0.29) is 6.61 Å². The van der Waals surface area contributed by atoms with Crippen LogP contribution in [0.3, 0.4) is 0 Å². The van der Waals surface area contributed by atoms with E-state index in [0.29, 0.717) is 0 Å². The highest BCUT2D eigenvalue weighted by molar-refractivity contribution is 9.11. The van der Waals surface area contributed by atoms with Gasteiger partial charge in [-0.05, 0) is 55.1 Å². The van der Waals surface area contributed by atoms with Crippen molar-refractivity contribution in [2.24, 2.45) is 0 Å². The highest BCUT2D eigenvalue weighted by Crippen LogP contribution is 2.34. The van der Waals surface area contributed by atoms with Gasteiger partial charge in [-0.3, -0.25) is 0 Å². The van der Waals surface area contributed by atoms with Gasteiger partial charge in [0.05, 0.1) is 12.3 Å². The van der Waals surface area contributed by atoms with Crippen LogP contribution in [-0.2, 0) is 13.2 Å². The molecule has 0 atom stereocenters. The molecule has 100 valence electrons. The van der Waals surface area contributed by atoms with E-state index in [1.165, 1.54) is 5.56 Å². The van der Waals surface area contributed by atoms with Crippen LogP contribution >= 0.6 is 47.8 Å². The molecule has 0 aromatic heterocycles. The molecular weight excluding hydrogens is 438 g/mol. The van der Waals surface area contributed by atoms with Crippen LogP contribution in [0.2, 0.25) is 0 Å². The number of aliphatic hydroxyl groups is 1. The summed E-state index contributed by atoms with van der Waals surface area (Å²) in [5.41, 5.74) is 3.11. The van der Waals surface area contributed by atoms with Crippen molar-refractivity contribution in [3.63, 3.8) is 0 Å². The van der Waals surface area contributed by atoms with E-state index in [1.54, 1.807) is 0 Å². The van der Waals surface area contributed by atoms with Crippen molar-refractivity contribution in [2.75, 3.05) is 5.32 Å². The van der Waals surface area contributed by atoms with Gasteiger partial charge < -0.3 is 10.4 Å².